The SMILES string of the molecule is CCCCCCCc1ccc(Oc2cccc(S(=O)(=O)O)c2)cc1O.CCCCCCCc1ccc(Oc2cccc(S(=O)(=O)[O-])c2)cc1[O-].[Ca+2]. The molecule has 0 unspecified atom stereocenters. The Bertz CT molecular complexity index is 1740. The average Bonchev–Trinajstić information content (AvgIpc) is 3.06. The van der Waals surface area contributed by atoms with Gasteiger partial charge in [0.2, 0.25) is 0 Å². The molecule has 13 heteroatoms. The number of unbranched alkanes of at least 4 members (excludes halogenated alkanes) is 8. The minimum Gasteiger partial charge on any atom is -0.872 e. The van der Waals surface area contributed by atoms with E-state index in [0.29, 0.717) is 11.5 Å². The molecule has 4 aromatic rings. The molecule has 0 atom stereocenters. The summed E-state index contributed by atoms with van der Waals surface area (Å²) in [6, 6.07) is 20.7. The summed E-state index contributed by atoms with van der Waals surface area (Å²) >= 11 is 0. The Balaban J connectivity index is 0.000000347. The molecule has 2 N–H and O–H groups in total. The normalized spacial score (nSPS) is 11.2. The Morgan fingerprint density at radius 1 is 0.588 bits per heavy atom. The molecule has 0 spiro atoms. The van der Waals surface area contributed by atoms with E-state index in [1.165, 1.54) is 87.1 Å². The van der Waals surface area contributed by atoms with E-state index in [2.05, 4.69) is 13.8 Å². The first kappa shape index (κ1) is 44.3. The number of hydrogen-bond acceptors (Lipinski definition) is 9. The fourth-order valence-electron chi connectivity index (χ4n) is 5.12. The number of hydrogen-bond donors (Lipinski definition) is 2. The smallest absolute Gasteiger partial charge is 0.872 e. The van der Waals surface area contributed by atoms with Crippen LogP contribution in [0.25, 0.3) is 0 Å². The molecule has 10 nitrogen and oxygen atoms in total. The van der Waals surface area contributed by atoms with Crippen molar-refractivity contribution in [2.24, 2.45) is 0 Å². The number of aromatic hydroxyl groups is 1. The van der Waals surface area contributed by atoms with Crippen LogP contribution in [0.2, 0.25) is 0 Å². The molecular weight excluding hydrogens is 721 g/mol. The summed E-state index contributed by atoms with van der Waals surface area (Å²) in [4.78, 5) is -0.603. The van der Waals surface area contributed by atoms with Crippen LogP contribution in [-0.4, -0.2) is 68.8 Å². The van der Waals surface area contributed by atoms with Gasteiger partial charge >= 0.3 is 37.7 Å². The van der Waals surface area contributed by atoms with Crippen LogP contribution in [0.4, 0.5) is 0 Å². The van der Waals surface area contributed by atoms with Crippen LogP contribution in [0.15, 0.2) is 94.7 Å². The second kappa shape index (κ2) is 22.3. The monoisotopic (exact) mass is 766 g/mol. The molecule has 0 aliphatic carbocycles. The second-order valence-electron chi connectivity index (χ2n) is 12.0. The average molecular weight is 767 g/mol. The topological polar surface area (TPSA) is 173 Å². The molecule has 0 bridgehead atoms. The van der Waals surface area contributed by atoms with Crippen molar-refractivity contribution in [2.75, 3.05) is 0 Å². The van der Waals surface area contributed by atoms with Crippen molar-refractivity contribution < 1.29 is 45.6 Å². The first-order valence-corrected chi connectivity index (χ1v) is 19.8. The summed E-state index contributed by atoms with van der Waals surface area (Å²) in [6.45, 7) is 4.34. The van der Waals surface area contributed by atoms with Crippen molar-refractivity contribution in [3.05, 3.63) is 96.1 Å². The molecule has 51 heavy (non-hydrogen) atoms. The quantitative estimate of drug-likeness (QED) is 0.0568. The van der Waals surface area contributed by atoms with Crippen LogP contribution < -0.4 is 14.6 Å². The molecule has 0 aromatic heterocycles. The van der Waals surface area contributed by atoms with E-state index in [4.69, 9.17) is 14.0 Å². The van der Waals surface area contributed by atoms with Gasteiger partial charge in [-0.05, 0) is 79.8 Å². The van der Waals surface area contributed by atoms with Gasteiger partial charge in [-0.3, -0.25) is 4.55 Å². The van der Waals surface area contributed by atoms with E-state index >= 15 is 0 Å². The number of phenols is 1. The summed E-state index contributed by atoms with van der Waals surface area (Å²) in [5.41, 5.74) is 1.62. The fraction of sp³-hybridized carbons (Fsp3) is 0.368. The van der Waals surface area contributed by atoms with Crippen LogP contribution in [0.3, 0.4) is 0 Å². The molecule has 0 aliphatic heterocycles. The van der Waals surface area contributed by atoms with Crippen molar-refractivity contribution in [1.82, 2.24) is 0 Å². The molecule has 0 saturated heterocycles. The zero-order chi connectivity index (χ0) is 36.6. The maximum absolute atomic E-state index is 12.2. The van der Waals surface area contributed by atoms with Crippen LogP contribution in [0.1, 0.15) is 89.2 Å². The van der Waals surface area contributed by atoms with Gasteiger partial charge in [0, 0.05) is 12.1 Å². The van der Waals surface area contributed by atoms with E-state index in [0.717, 1.165) is 55.7 Å². The van der Waals surface area contributed by atoms with Gasteiger partial charge in [0.05, 0.1) is 9.79 Å². The summed E-state index contributed by atoms with van der Waals surface area (Å²) in [5.74, 6) is 1.25. The zero-order valence-electron chi connectivity index (χ0n) is 29.3. The number of benzene rings is 4. The fourth-order valence-corrected chi connectivity index (χ4v) is 6.15. The second-order valence-corrected chi connectivity index (χ2v) is 14.8. The van der Waals surface area contributed by atoms with Gasteiger partial charge in [0.25, 0.3) is 10.1 Å². The van der Waals surface area contributed by atoms with Gasteiger partial charge in [0.15, 0.2) is 0 Å². The van der Waals surface area contributed by atoms with Crippen LogP contribution in [0, 0.1) is 0 Å². The molecular formula is C38H46CaO10S2. The van der Waals surface area contributed by atoms with E-state index in [9.17, 15) is 31.6 Å². The van der Waals surface area contributed by atoms with Gasteiger partial charge in [-0.25, -0.2) is 8.42 Å². The minimum atomic E-state index is -4.54. The Labute approximate surface area is 332 Å². The van der Waals surface area contributed by atoms with Crippen molar-refractivity contribution in [3.8, 4) is 34.5 Å². The van der Waals surface area contributed by atoms with Gasteiger partial charge < -0.3 is 24.2 Å². The summed E-state index contributed by atoms with van der Waals surface area (Å²) < 4.78 is 75.6. The Kier molecular flexibility index (Phi) is 19.4. The molecule has 0 radical (unpaired) electrons. The standard InChI is InChI=1S/2C19H24O5S.Ca/c2*1-2-3-4-5-6-8-15-11-12-17(14-19(15)20)24-16-9-7-10-18(13-16)25(21,22)23;/h2*7,9-14,20H,2-6,8H2,1H3,(H,21,22,23);/q;;+2/p-2. The van der Waals surface area contributed by atoms with Crippen LogP contribution >= 0.6 is 0 Å². The third-order valence-electron chi connectivity index (χ3n) is 7.86. The zero-order valence-corrected chi connectivity index (χ0v) is 33.1. The largest absolute Gasteiger partial charge is 2.00 e. The Morgan fingerprint density at radius 3 is 1.53 bits per heavy atom. The Hall–Kier alpha value is -2.84. The Morgan fingerprint density at radius 2 is 1.04 bits per heavy atom. The van der Waals surface area contributed by atoms with Crippen molar-refractivity contribution in [3.63, 3.8) is 0 Å². The first-order chi connectivity index (χ1) is 23.8. The number of aryl methyl sites for hydroxylation is 2. The van der Waals surface area contributed by atoms with Gasteiger partial charge in [-0.1, -0.05) is 95.0 Å². The number of phenolic OH excluding ortho intramolecular Hbond substituents is 1. The molecule has 272 valence electrons. The van der Waals surface area contributed by atoms with Crippen molar-refractivity contribution in [1.29, 1.82) is 0 Å². The van der Waals surface area contributed by atoms with Crippen LogP contribution in [0.5, 0.6) is 34.5 Å². The van der Waals surface area contributed by atoms with Crippen LogP contribution in [-0.2, 0) is 33.1 Å². The first-order valence-electron chi connectivity index (χ1n) is 16.9. The summed E-state index contributed by atoms with van der Waals surface area (Å²) in [5, 5.41) is 22.3. The molecule has 4 aromatic carbocycles. The predicted molar refractivity (Wildman–Crippen MR) is 195 cm³/mol. The summed E-state index contributed by atoms with van der Waals surface area (Å²) in [6.07, 6.45) is 13.1. The molecule has 0 fully saturated rings. The third-order valence-corrected chi connectivity index (χ3v) is 9.54. The molecule has 0 heterocycles. The minimum absolute atomic E-state index is 0. The van der Waals surface area contributed by atoms with E-state index in [1.54, 1.807) is 24.3 Å². The number of rotatable bonds is 18. The molecule has 0 aliphatic rings. The van der Waals surface area contributed by atoms with Crippen molar-refractivity contribution in [2.45, 2.75) is 101 Å². The molecule has 0 amide bonds. The maximum atomic E-state index is 12.2. The summed E-state index contributed by atoms with van der Waals surface area (Å²) in [7, 11) is -8.82. The van der Waals surface area contributed by atoms with E-state index in [-0.39, 0.29) is 70.5 Å². The van der Waals surface area contributed by atoms with Gasteiger partial charge in [-0.2, -0.15) is 8.42 Å². The van der Waals surface area contributed by atoms with E-state index in [1.807, 2.05) is 6.07 Å². The van der Waals surface area contributed by atoms with Gasteiger partial charge in [0.1, 0.15) is 38.9 Å². The predicted octanol–water partition coefficient (Wildman–Crippen LogP) is 8.53. The van der Waals surface area contributed by atoms with E-state index < -0.39 is 20.2 Å². The maximum Gasteiger partial charge on any atom is 2.00 e. The van der Waals surface area contributed by atoms with Gasteiger partial charge in [-0.15, -0.1) is 5.75 Å². The number of ether oxygens (including phenoxy) is 2. The molecule has 4 rings (SSSR count). The van der Waals surface area contributed by atoms with Crippen molar-refractivity contribution >= 4 is 58.0 Å². The third kappa shape index (κ3) is 16.2. The molecule has 0 saturated carbocycles.